The average Bonchev–Trinajstić information content (AvgIpc) is 3.06. The van der Waals surface area contributed by atoms with Crippen LogP contribution in [-0.2, 0) is 17.8 Å². The first kappa shape index (κ1) is 32.6. The zero-order valence-electron chi connectivity index (χ0n) is 25.6. The molecule has 8 nitrogen and oxygen atoms in total. The van der Waals surface area contributed by atoms with Gasteiger partial charge in [-0.05, 0) is 61.3 Å². The minimum Gasteiger partial charge on any atom is -0.488 e. The molecule has 0 bridgehead atoms. The highest BCUT2D eigenvalue weighted by Gasteiger charge is 2.31. The summed E-state index contributed by atoms with van der Waals surface area (Å²) in [5.41, 5.74) is 2.91. The van der Waals surface area contributed by atoms with Crippen LogP contribution in [-0.4, -0.2) is 65.7 Å². The Morgan fingerprint density at radius 2 is 1.82 bits per heavy atom. The number of hydrogen-bond donors (Lipinski definition) is 3. The number of aliphatic hydroxyl groups excluding tert-OH is 1. The highest BCUT2D eigenvalue weighted by Crippen LogP contribution is 2.30. The average molecular weight is 650 g/mol. The quantitative estimate of drug-likeness (QED) is 0.190. The summed E-state index contributed by atoms with van der Waals surface area (Å²) in [7, 11) is 2.01. The van der Waals surface area contributed by atoms with Gasteiger partial charge in [-0.2, -0.15) is 0 Å². The molecule has 3 atom stereocenters. The van der Waals surface area contributed by atoms with Crippen molar-refractivity contribution in [2.75, 3.05) is 37.4 Å². The Bertz CT molecular complexity index is 1680. The summed E-state index contributed by atoms with van der Waals surface area (Å²) in [6.07, 6.45) is -0.206. The van der Waals surface area contributed by atoms with Crippen molar-refractivity contribution in [3.8, 4) is 5.75 Å². The van der Waals surface area contributed by atoms with Gasteiger partial charge in [0, 0.05) is 42.2 Å². The van der Waals surface area contributed by atoms with E-state index in [-0.39, 0.29) is 37.0 Å². The van der Waals surface area contributed by atoms with Gasteiger partial charge in [-0.1, -0.05) is 72.6 Å². The van der Waals surface area contributed by atoms with Gasteiger partial charge in [0.2, 0.25) is 5.91 Å². The first-order valence-corrected chi connectivity index (χ1v) is 15.7. The number of fused-ring (bicyclic) bond motifs is 2. The first-order chi connectivity index (χ1) is 21.6. The van der Waals surface area contributed by atoms with Crippen LogP contribution in [0.5, 0.6) is 5.75 Å². The van der Waals surface area contributed by atoms with Gasteiger partial charge in [-0.15, -0.1) is 0 Å². The normalized spacial score (nSPS) is 17.6. The number of likely N-dealkylation sites (N-methyl/N-ethyl adjacent to an activating group) is 1. The van der Waals surface area contributed by atoms with Crippen molar-refractivity contribution >= 4 is 57.3 Å². The fourth-order valence-electron chi connectivity index (χ4n) is 5.67. The lowest BCUT2D eigenvalue weighted by atomic mass is 10.0. The van der Waals surface area contributed by atoms with Crippen molar-refractivity contribution in [3.05, 3.63) is 100 Å². The zero-order chi connectivity index (χ0) is 32.1. The van der Waals surface area contributed by atoms with Gasteiger partial charge in [-0.3, -0.25) is 9.69 Å². The maximum atomic E-state index is 13.6. The van der Waals surface area contributed by atoms with Gasteiger partial charge in [0.25, 0.3) is 0 Å². The summed E-state index contributed by atoms with van der Waals surface area (Å²) in [5.74, 6) is 0.423. The summed E-state index contributed by atoms with van der Waals surface area (Å²) in [6, 6.07) is 23.8. The van der Waals surface area contributed by atoms with Crippen molar-refractivity contribution in [2.24, 2.45) is 5.92 Å². The van der Waals surface area contributed by atoms with E-state index in [1.54, 1.807) is 29.2 Å². The number of carbonyl (C=O) groups is 2. The molecule has 0 fully saturated rings. The lowest BCUT2D eigenvalue weighted by molar-refractivity contribution is -0.134. The number of halogens is 2. The van der Waals surface area contributed by atoms with Gasteiger partial charge < -0.3 is 25.4 Å². The van der Waals surface area contributed by atoms with Crippen molar-refractivity contribution in [2.45, 2.75) is 39.0 Å². The SMILES string of the molecule is C[C@H]1CN([C@@H](C)CO)C(=O)Cc2cc(NC(=O)Nc3cccc4ccccc34)ccc2O[C@H]1CN(C)Cc1ccc(Cl)c(Cl)c1. The number of benzene rings is 4. The van der Waals surface area contributed by atoms with E-state index in [1.165, 1.54) is 0 Å². The summed E-state index contributed by atoms with van der Waals surface area (Å²) in [4.78, 5) is 30.5. The second kappa shape index (κ2) is 14.5. The van der Waals surface area contributed by atoms with Crippen LogP contribution < -0.4 is 15.4 Å². The molecule has 1 aliphatic rings. The number of amides is 3. The Balaban J connectivity index is 1.37. The molecule has 3 amide bonds. The molecule has 5 rings (SSSR count). The van der Waals surface area contributed by atoms with E-state index < -0.39 is 6.03 Å². The maximum absolute atomic E-state index is 13.6. The third kappa shape index (κ3) is 8.07. The molecular formula is C35H38Cl2N4O4. The molecule has 4 aromatic carbocycles. The maximum Gasteiger partial charge on any atom is 0.323 e. The molecule has 0 aliphatic carbocycles. The zero-order valence-corrected chi connectivity index (χ0v) is 27.1. The number of nitrogens with zero attached hydrogens (tertiary/aromatic N) is 2. The Morgan fingerprint density at radius 1 is 1.04 bits per heavy atom. The van der Waals surface area contributed by atoms with Crippen molar-refractivity contribution in [1.82, 2.24) is 9.80 Å². The van der Waals surface area contributed by atoms with E-state index in [1.807, 2.05) is 68.6 Å². The lowest BCUT2D eigenvalue weighted by Crippen LogP contribution is -2.47. The number of aliphatic hydroxyl groups is 1. The highest BCUT2D eigenvalue weighted by molar-refractivity contribution is 6.42. The molecule has 1 aliphatic heterocycles. The van der Waals surface area contributed by atoms with Crippen LogP contribution >= 0.6 is 23.2 Å². The predicted molar refractivity (Wildman–Crippen MR) is 181 cm³/mol. The first-order valence-electron chi connectivity index (χ1n) is 15.0. The minimum atomic E-state index is -0.396. The standard InChI is InChI=1S/C35H38Cl2N4O4/c1-22-18-41(23(2)21-42)34(43)17-26-16-27(38-35(44)39-31-10-6-8-25-7-4-5-9-28(25)31)12-14-32(26)45-33(22)20-40(3)19-24-11-13-29(36)30(37)15-24/h4-16,22-23,33,42H,17-21H2,1-3H3,(H2,38,39,44)/t22-,23-,33-/m0/s1. The molecule has 0 saturated carbocycles. The topological polar surface area (TPSA) is 94.1 Å². The molecule has 236 valence electrons. The number of rotatable bonds is 8. The van der Waals surface area contributed by atoms with Gasteiger partial charge in [0.15, 0.2) is 0 Å². The van der Waals surface area contributed by atoms with E-state index in [9.17, 15) is 14.7 Å². The van der Waals surface area contributed by atoms with E-state index in [2.05, 4.69) is 22.5 Å². The van der Waals surface area contributed by atoms with Crippen LogP contribution in [0.15, 0.2) is 78.9 Å². The van der Waals surface area contributed by atoms with E-state index in [0.717, 1.165) is 16.3 Å². The largest absolute Gasteiger partial charge is 0.488 e. The predicted octanol–water partition coefficient (Wildman–Crippen LogP) is 7.07. The van der Waals surface area contributed by atoms with Crippen LogP contribution in [0.1, 0.15) is 25.0 Å². The fraction of sp³-hybridized carbons (Fsp3) is 0.314. The van der Waals surface area contributed by atoms with Gasteiger partial charge in [0.1, 0.15) is 11.9 Å². The molecule has 0 spiro atoms. The Labute approximate surface area is 273 Å². The molecule has 4 aromatic rings. The summed E-state index contributed by atoms with van der Waals surface area (Å²) in [6.45, 7) is 5.37. The lowest BCUT2D eigenvalue weighted by Gasteiger charge is -2.34. The number of hydrogen-bond acceptors (Lipinski definition) is 5. The number of ether oxygens (including phenoxy) is 1. The number of urea groups is 1. The van der Waals surface area contributed by atoms with Crippen LogP contribution in [0.25, 0.3) is 10.8 Å². The van der Waals surface area contributed by atoms with Crippen molar-refractivity contribution < 1.29 is 19.4 Å². The number of anilines is 2. The molecule has 0 saturated heterocycles. The van der Waals surface area contributed by atoms with Crippen LogP contribution in [0, 0.1) is 5.92 Å². The minimum absolute atomic E-state index is 0.0468. The highest BCUT2D eigenvalue weighted by atomic mass is 35.5. The second-order valence-corrected chi connectivity index (χ2v) is 12.6. The molecule has 0 aromatic heterocycles. The third-order valence-electron chi connectivity index (χ3n) is 8.14. The molecule has 3 N–H and O–H groups in total. The smallest absolute Gasteiger partial charge is 0.323 e. The van der Waals surface area contributed by atoms with E-state index in [0.29, 0.717) is 52.4 Å². The Morgan fingerprint density at radius 3 is 2.60 bits per heavy atom. The van der Waals surface area contributed by atoms with E-state index in [4.69, 9.17) is 27.9 Å². The number of carbonyl (C=O) groups excluding carboxylic acids is 2. The molecule has 1 heterocycles. The Kier molecular flexibility index (Phi) is 10.5. The van der Waals surface area contributed by atoms with Crippen LogP contribution in [0.4, 0.5) is 16.2 Å². The summed E-state index contributed by atoms with van der Waals surface area (Å²) in [5, 5.41) is 18.8. The monoisotopic (exact) mass is 648 g/mol. The molecule has 0 unspecified atom stereocenters. The molecule has 0 radical (unpaired) electrons. The van der Waals surface area contributed by atoms with Crippen molar-refractivity contribution in [3.63, 3.8) is 0 Å². The number of nitrogens with one attached hydrogen (secondary N) is 2. The van der Waals surface area contributed by atoms with Crippen LogP contribution in [0.2, 0.25) is 10.0 Å². The summed E-state index contributed by atoms with van der Waals surface area (Å²) < 4.78 is 6.64. The van der Waals surface area contributed by atoms with Gasteiger partial charge in [0.05, 0.1) is 34.8 Å². The van der Waals surface area contributed by atoms with Gasteiger partial charge in [-0.25, -0.2) is 4.79 Å². The molecular weight excluding hydrogens is 611 g/mol. The third-order valence-corrected chi connectivity index (χ3v) is 8.88. The summed E-state index contributed by atoms with van der Waals surface area (Å²) >= 11 is 12.3. The Hall–Kier alpha value is -3.82. The van der Waals surface area contributed by atoms with Crippen LogP contribution in [0.3, 0.4) is 0 Å². The fourth-order valence-corrected chi connectivity index (χ4v) is 5.99. The van der Waals surface area contributed by atoms with Crippen molar-refractivity contribution in [1.29, 1.82) is 0 Å². The molecule has 10 heteroatoms. The van der Waals surface area contributed by atoms with E-state index >= 15 is 0 Å². The van der Waals surface area contributed by atoms with Gasteiger partial charge >= 0.3 is 6.03 Å². The molecule has 45 heavy (non-hydrogen) atoms. The second-order valence-electron chi connectivity index (χ2n) is 11.8.